The molecule has 1 aliphatic heterocycles. The van der Waals surface area contributed by atoms with Crippen LogP contribution in [-0.2, 0) is 4.79 Å². The standard InChI is InChI=1S/C14H15F2N3O/c1-9(12(17)20)18-13-14(15,16)8-11(19(13)2)10-6-4-3-5-7-10/h3-7,11H,1,8H2,2H3,(H2,17,20). The van der Waals surface area contributed by atoms with Gasteiger partial charge in [0.2, 0.25) is 0 Å². The van der Waals surface area contributed by atoms with Gasteiger partial charge in [-0.1, -0.05) is 36.9 Å². The van der Waals surface area contributed by atoms with Crippen molar-refractivity contribution >= 4 is 11.7 Å². The van der Waals surface area contributed by atoms with E-state index in [9.17, 15) is 13.6 Å². The second-order valence-electron chi connectivity index (χ2n) is 4.69. The Morgan fingerprint density at radius 2 is 2.05 bits per heavy atom. The summed E-state index contributed by atoms with van der Waals surface area (Å²) in [7, 11) is 1.52. The van der Waals surface area contributed by atoms with Crippen molar-refractivity contribution in [1.29, 1.82) is 0 Å². The molecular weight excluding hydrogens is 264 g/mol. The van der Waals surface area contributed by atoms with E-state index >= 15 is 0 Å². The number of likely N-dealkylation sites (tertiary alicyclic amines) is 1. The number of benzene rings is 1. The average Bonchev–Trinajstić information content (AvgIpc) is 2.63. The second kappa shape index (κ2) is 5.03. The lowest BCUT2D eigenvalue weighted by Crippen LogP contribution is -2.32. The Balaban J connectivity index is 2.36. The first-order valence-electron chi connectivity index (χ1n) is 6.06. The highest BCUT2D eigenvalue weighted by molar-refractivity contribution is 5.98. The third kappa shape index (κ3) is 2.54. The molecule has 0 bridgehead atoms. The average molecular weight is 279 g/mol. The van der Waals surface area contributed by atoms with E-state index in [4.69, 9.17) is 5.73 Å². The van der Waals surface area contributed by atoms with Crippen molar-refractivity contribution in [3.8, 4) is 0 Å². The van der Waals surface area contributed by atoms with Crippen LogP contribution in [0.5, 0.6) is 0 Å². The summed E-state index contributed by atoms with van der Waals surface area (Å²) in [5.41, 5.74) is 5.38. The van der Waals surface area contributed by atoms with E-state index in [1.54, 1.807) is 24.3 Å². The lowest BCUT2D eigenvalue weighted by Gasteiger charge is -2.21. The molecule has 1 unspecified atom stereocenters. The van der Waals surface area contributed by atoms with Gasteiger partial charge in [-0.3, -0.25) is 4.79 Å². The molecular formula is C14H15F2N3O. The predicted molar refractivity (Wildman–Crippen MR) is 72.3 cm³/mol. The van der Waals surface area contributed by atoms with Crippen LogP contribution in [0.1, 0.15) is 18.0 Å². The fraction of sp³-hybridized carbons (Fsp3) is 0.286. The number of rotatable bonds is 3. The molecule has 106 valence electrons. The van der Waals surface area contributed by atoms with E-state index in [1.165, 1.54) is 11.9 Å². The highest BCUT2D eigenvalue weighted by atomic mass is 19.3. The van der Waals surface area contributed by atoms with Crippen molar-refractivity contribution < 1.29 is 13.6 Å². The minimum absolute atomic E-state index is 0.375. The van der Waals surface area contributed by atoms with Gasteiger partial charge in [-0.2, -0.15) is 8.78 Å². The number of halogens is 2. The Hall–Kier alpha value is -2.24. The lowest BCUT2D eigenvalue weighted by molar-refractivity contribution is -0.114. The molecule has 1 heterocycles. The molecule has 0 aromatic heterocycles. The molecule has 1 saturated heterocycles. The van der Waals surface area contributed by atoms with Gasteiger partial charge in [0.1, 0.15) is 5.70 Å². The van der Waals surface area contributed by atoms with Gasteiger partial charge < -0.3 is 10.6 Å². The van der Waals surface area contributed by atoms with Crippen molar-refractivity contribution in [2.24, 2.45) is 10.7 Å². The lowest BCUT2D eigenvalue weighted by atomic mass is 10.0. The first kappa shape index (κ1) is 14.2. The Morgan fingerprint density at radius 1 is 1.45 bits per heavy atom. The van der Waals surface area contributed by atoms with Gasteiger partial charge >= 0.3 is 5.92 Å². The molecule has 2 rings (SSSR count). The van der Waals surface area contributed by atoms with Crippen LogP contribution in [0.15, 0.2) is 47.6 Å². The van der Waals surface area contributed by atoms with Crippen LogP contribution in [0.4, 0.5) is 8.78 Å². The number of amidine groups is 1. The fourth-order valence-corrected chi connectivity index (χ4v) is 2.24. The molecule has 0 spiro atoms. The normalized spacial score (nSPS) is 23.1. The zero-order valence-electron chi connectivity index (χ0n) is 11.0. The second-order valence-corrected chi connectivity index (χ2v) is 4.69. The van der Waals surface area contributed by atoms with Crippen molar-refractivity contribution in [3.63, 3.8) is 0 Å². The predicted octanol–water partition coefficient (Wildman–Crippen LogP) is 2.10. The topological polar surface area (TPSA) is 58.7 Å². The first-order chi connectivity index (χ1) is 9.33. The molecule has 1 aliphatic rings. The van der Waals surface area contributed by atoms with E-state index in [1.807, 2.05) is 6.07 Å². The number of alkyl halides is 2. The van der Waals surface area contributed by atoms with Gasteiger partial charge in [0.25, 0.3) is 5.91 Å². The number of nitrogens with zero attached hydrogens (tertiary/aromatic N) is 2. The van der Waals surface area contributed by atoms with Gasteiger partial charge in [-0.15, -0.1) is 0 Å². The minimum Gasteiger partial charge on any atom is -0.364 e. The van der Waals surface area contributed by atoms with Gasteiger partial charge in [0.05, 0.1) is 6.04 Å². The van der Waals surface area contributed by atoms with Crippen LogP contribution < -0.4 is 5.73 Å². The van der Waals surface area contributed by atoms with Crippen LogP contribution >= 0.6 is 0 Å². The summed E-state index contributed by atoms with van der Waals surface area (Å²) < 4.78 is 28.1. The summed E-state index contributed by atoms with van der Waals surface area (Å²) in [6, 6.07) is 8.47. The maximum absolute atomic E-state index is 14.1. The molecule has 1 amide bonds. The highest BCUT2D eigenvalue weighted by Crippen LogP contribution is 2.41. The Bertz CT molecular complexity index is 569. The summed E-state index contributed by atoms with van der Waals surface area (Å²) in [5, 5.41) is 0. The molecule has 4 nitrogen and oxygen atoms in total. The third-order valence-corrected chi connectivity index (χ3v) is 3.29. The van der Waals surface area contributed by atoms with Crippen LogP contribution in [0, 0.1) is 0 Å². The minimum atomic E-state index is -3.12. The van der Waals surface area contributed by atoms with E-state index < -0.39 is 30.1 Å². The quantitative estimate of drug-likeness (QED) is 0.861. The van der Waals surface area contributed by atoms with Crippen LogP contribution in [0.25, 0.3) is 0 Å². The zero-order chi connectivity index (χ0) is 14.9. The number of amides is 1. The summed E-state index contributed by atoms with van der Waals surface area (Å²) in [4.78, 5) is 15.9. The number of primary amides is 1. The number of aliphatic imine (C=N–C) groups is 1. The highest BCUT2D eigenvalue weighted by Gasteiger charge is 2.50. The van der Waals surface area contributed by atoms with Crippen LogP contribution in [0.2, 0.25) is 0 Å². The molecule has 20 heavy (non-hydrogen) atoms. The molecule has 2 N–H and O–H groups in total. The van der Waals surface area contributed by atoms with E-state index in [0.717, 1.165) is 5.56 Å². The monoisotopic (exact) mass is 279 g/mol. The summed E-state index contributed by atoms with van der Waals surface area (Å²) in [6.45, 7) is 3.29. The molecule has 0 saturated carbocycles. The summed E-state index contributed by atoms with van der Waals surface area (Å²) in [5.74, 6) is -4.51. The maximum Gasteiger partial charge on any atom is 0.306 e. The third-order valence-electron chi connectivity index (χ3n) is 3.29. The molecule has 0 aliphatic carbocycles. The number of hydrogen-bond acceptors (Lipinski definition) is 2. The van der Waals surface area contributed by atoms with Crippen molar-refractivity contribution in [1.82, 2.24) is 4.90 Å². The van der Waals surface area contributed by atoms with Gasteiger partial charge in [-0.25, -0.2) is 4.99 Å². The zero-order valence-corrected chi connectivity index (χ0v) is 11.0. The number of hydrogen-bond donors (Lipinski definition) is 1. The van der Waals surface area contributed by atoms with E-state index in [0.29, 0.717) is 0 Å². The fourth-order valence-electron chi connectivity index (χ4n) is 2.24. The van der Waals surface area contributed by atoms with Gasteiger partial charge in [0.15, 0.2) is 5.84 Å². The number of nitrogens with two attached hydrogens (primary N) is 1. The summed E-state index contributed by atoms with van der Waals surface area (Å²) in [6.07, 6.45) is -0.390. The summed E-state index contributed by atoms with van der Waals surface area (Å²) >= 11 is 0. The molecule has 1 aromatic rings. The van der Waals surface area contributed by atoms with Crippen molar-refractivity contribution in [2.45, 2.75) is 18.4 Å². The van der Waals surface area contributed by atoms with Crippen molar-refractivity contribution in [2.75, 3.05) is 7.05 Å². The Morgan fingerprint density at radius 3 is 2.60 bits per heavy atom. The smallest absolute Gasteiger partial charge is 0.306 e. The number of carbonyl (C=O) groups excluding carboxylic acids is 1. The largest absolute Gasteiger partial charge is 0.364 e. The number of carbonyl (C=O) groups is 1. The van der Waals surface area contributed by atoms with E-state index in [-0.39, 0.29) is 5.70 Å². The Kier molecular flexibility index (Phi) is 3.57. The molecule has 1 aromatic carbocycles. The van der Waals surface area contributed by atoms with E-state index in [2.05, 4.69) is 11.6 Å². The molecule has 1 atom stereocenters. The van der Waals surface area contributed by atoms with Crippen LogP contribution in [-0.4, -0.2) is 29.6 Å². The first-order valence-corrected chi connectivity index (χ1v) is 6.06. The molecule has 6 heteroatoms. The Labute approximate surface area is 115 Å². The van der Waals surface area contributed by atoms with Crippen LogP contribution in [0.3, 0.4) is 0 Å². The SMILES string of the molecule is C=C(N=C1N(C)C(c2ccccc2)CC1(F)F)C(N)=O. The maximum atomic E-state index is 14.1. The van der Waals surface area contributed by atoms with Crippen molar-refractivity contribution in [3.05, 3.63) is 48.2 Å². The molecule has 0 radical (unpaired) electrons. The van der Waals surface area contributed by atoms with Gasteiger partial charge in [-0.05, 0) is 5.56 Å². The molecule has 1 fully saturated rings. The van der Waals surface area contributed by atoms with Gasteiger partial charge in [0, 0.05) is 13.5 Å².